The monoisotopic (exact) mass is 241 g/mol. The summed E-state index contributed by atoms with van der Waals surface area (Å²) < 4.78 is 4.77. The number of hydrogen-bond donors (Lipinski definition) is 0. The molecule has 0 spiro atoms. The van der Waals surface area contributed by atoms with Crippen molar-refractivity contribution in [2.24, 2.45) is 5.92 Å². The fourth-order valence-corrected chi connectivity index (χ4v) is 2.11. The number of ether oxygens (including phenoxy) is 1. The minimum Gasteiger partial charge on any atom is -0.447 e. The maximum atomic E-state index is 11.9. The number of carbonyl (C=O) groups excluding carboxylic acids is 2. The van der Waals surface area contributed by atoms with Crippen molar-refractivity contribution < 1.29 is 14.3 Å². The van der Waals surface area contributed by atoms with E-state index in [1.165, 1.54) is 24.2 Å². The maximum absolute atomic E-state index is 11.9. The molecule has 0 bridgehead atoms. The number of unbranched alkanes of at least 4 members (excludes halogenated alkanes) is 2. The van der Waals surface area contributed by atoms with Gasteiger partial charge >= 0.3 is 6.09 Å². The number of amides is 2. The predicted octanol–water partition coefficient (Wildman–Crippen LogP) is 2.96. The molecule has 0 aromatic carbocycles. The van der Waals surface area contributed by atoms with E-state index in [4.69, 9.17) is 4.74 Å². The minimum absolute atomic E-state index is 0.0733. The lowest BCUT2D eigenvalue weighted by Gasteiger charge is -2.17. The Labute approximate surface area is 103 Å². The molecule has 1 heterocycles. The van der Waals surface area contributed by atoms with Gasteiger partial charge in [0.25, 0.3) is 0 Å². The van der Waals surface area contributed by atoms with Crippen molar-refractivity contribution in [3.05, 3.63) is 0 Å². The Kier molecular flexibility index (Phi) is 6.01. The van der Waals surface area contributed by atoms with Crippen molar-refractivity contribution in [1.82, 2.24) is 4.90 Å². The molecule has 0 aromatic rings. The number of nitrogens with zero attached hydrogens (tertiary/aromatic N) is 1. The van der Waals surface area contributed by atoms with E-state index in [-0.39, 0.29) is 5.91 Å². The summed E-state index contributed by atoms with van der Waals surface area (Å²) in [4.78, 5) is 24.4. The van der Waals surface area contributed by atoms with Gasteiger partial charge in [0.2, 0.25) is 5.91 Å². The third-order valence-corrected chi connectivity index (χ3v) is 3.32. The van der Waals surface area contributed by atoms with Crippen molar-refractivity contribution in [2.45, 2.75) is 52.4 Å². The number of cyclic esters (lactones) is 1. The predicted molar refractivity (Wildman–Crippen MR) is 65.6 cm³/mol. The highest BCUT2D eigenvalue weighted by Gasteiger charge is 2.29. The molecule has 2 amide bonds. The van der Waals surface area contributed by atoms with E-state index in [1.807, 2.05) is 0 Å². The molecule has 4 nitrogen and oxygen atoms in total. The van der Waals surface area contributed by atoms with E-state index < -0.39 is 6.09 Å². The van der Waals surface area contributed by atoms with Crippen LogP contribution < -0.4 is 0 Å². The molecule has 1 rings (SSSR count). The molecule has 0 radical (unpaired) electrons. The van der Waals surface area contributed by atoms with Crippen LogP contribution in [-0.2, 0) is 9.53 Å². The largest absolute Gasteiger partial charge is 0.447 e. The Morgan fingerprint density at radius 1 is 1.41 bits per heavy atom. The summed E-state index contributed by atoms with van der Waals surface area (Å²) in [5, 5.41) is 0. The summed E-state index contributed by atoms with van der Waals surface area (Å²) in [6.45, 7) is 5.04. The first kappa shape index (κ1) is 14.0. The van der Waals surface area contributed by atoms with E-state index in [9.17, 15) is 9.59 Å². The van der Waals surface area contributed by atoms with Crippen molar-refractivity contribution in [3.8, 4) is 0 Å². The normalized spacial score (nSPS) is 17.1. The smallest absolute Gasteiger partial charge is 0.416 e. The third-order valence-electron chi connectivity index (χ3n) is 3.32. The van der Waals surface area contributed by atoms with Crippen molar-refractivity contribution in [3.63, 3.8) is 0 Å². The van der Waals surface area contributed by atoms with Gasteiger partial charge < -0.3 is 4.74 Å². The Balaban J connectivity index is 2.34. The quantitative estimate of drug-likeness (QED) is 0.644. The molecule has 0 N–H and O–H groups in total. The second kappa shape index (κ2) is 7.30. The van der Waals surface area contributed by atoms with Gasteiger partial charge in [0.1, 0.15) is 6.61 Å². The summed E-state index contributed by atoms with van der Waals surface area (Å²) >= 11 is 0. The standard InChI is InChI=1S/C13H23NO3/c1-3-5-6-7-11(4-2)10-12(15)14-8-9-17-13(14)16/h11H,3-10H2,1-2H3. The molecule has 0 aromatic heterocycles. The van der Waals surface area contributed by atoms with Crippen LogP contribution in [0, 0.1) is 5.92 Å². The number of imide groups is 1. The van der Waals surface area contributed by atoms with Crippen LogP contribution in [0.15, 0.2) is 0 Å². The summed E-state index contributed by atoms with van der Waals surface area (Å²) in [6.07, 6.45) is 5.68. The van der Waals surface area contributed by atoms with Gasteiger partial charge in [0, 0.05) is 6.42 Å². The Morgan fingerprint density at radius 2 is 2.18 bits per heavy atom. The highest BCUT2D eigenvalue weighted by atomic mass is 16.6. The number of hydrogen-bond acceptors (Lipinski definition) is 3. The van der Waals surface area contributed by atoms with Gasteiger partial charge in [-0.15, -0.1) is 0 Å². The molecule has 17 heavy (non-hydrogen) atoms. The van der Waals surface area contributed by atoms with Gasteiger partial charge in [-0.1, -0.05) is 39.5 Å². The summed E-state index contributed by atoms with van der Waals surface area (Å²) in [6, 6.07) is 0. The molecule has 98 valence electrons. The molecule has 1 aliphatic heterocycles. The van der Waals surface area contributed by atoms with Crippen LogP contribution >= 0.6 is 0 Å². The van der Waals surface area contributed by atoms with Crippen LogP contribution in [0.1, 0.15) is 52.4 Å². The van der Waals surface area contributed by atoms with Gasteiger partial charge in [-0.25, -0.2) is 9.69 Å². The summed E-state index contributed by atoms with van der Waals surface area (Å²) in [5.74, 6) is 0.332. The first-order chi connectivity index (χ1) is 8.19. The molecule has 1 unspecified atom stereocenters. The zero-order valence-electron chi connectivity index (χ0n) is 10.9. The fourth-order valence-electron chi connectivity index (χ4n) is 2.11. The fraction of sp³-hybridized carbons (Fsp3) is 0.846. The second-order valence-corrected chi connectivity index (χ2v) is 4.63. The summed E-state index contributed by atoms with van der Waals surface area (Å²) in [7, 11) is 0. The zero-order chi connectivity index (χ0) is 12.7. The van der Waals surface area contributed by atoms with Crippen molar-refractivity contribution >= 4 is 12.0 Å². The van der Waals surface area contributed by atoms with Gasteiger partial charge in [0.05, 0.1) is 6.54 Å². The lowest BCUT2D eigenvalue weighted by atomic mass is 9.95. The SMILES string of the molecule is CCCCCC(CC)CC(=O)N1CCOC1=O. The van der Waals surface area contributed by atoms with Crippen molar-refractivity contribution in [2.75, 3.05) is 13.2 Å². The van der Waals surface area contributed by atoms with Gasteiger partial charge in [-0.05, 0) is 12.3 Å². The Morgan fingerprint density at radius 3 is 2.71 bits per heavy atom. The Hall–Kier alpha value is -1.06. The number of rotatable bonds is 7. The maximum Gasteiger partial charge on any atom is 0.416 e. The highest BCUT2D eigenvalue weighted by molar-refractivity contribution is 5.93. The van der Waals surface area contributed by atoms with Gasteiger partial charge in [0.15, 0.2) is 0 Å². The van der Waals surface area contributed by atoms with Crippen LogP contribution in [0.25, 0.3) is 0 Å². The van der Waals surface area contributed by atoms with E-state index in [1.54, 1.807) is 0 Å². The molecule has 0 saturated carbocycles. The van der Waals surface area contributed by atoms with Gasteiger partial charge in [-0.2, -0.15) is 0 Å². The van der Waals surface area contributed by atoms with E-state index in [0.717, 1.165) is 12.8 Å². The average molecular weight is 241 g/mol. The molecule has 1 saturated heterocycles. The second-order valence-electron chi connectivity index (χ2n) is 4.63. The molecular weight excluding hydrogens is 218 g/mol. The number of carbonyl (C=O) groups is 2. The van der Waals surface area contributed by atoms with Crippen LogP contribution in [0.3, 0.4) is 0 Å². The Bertz CT molecular complexity index is 265. The zero-order valence-corrected chi connectivity index (χ0v) is 10.9. The topological polar surface area (TPSA) is 46.6 Å². The first-order valence-corrected chi connectivity index (χ1v) is 6.66. The van der Waals surface area contributed by atoms with E-state index in [0.29, 0.717) is 25.5 Å². The molecule has 1 aliphatic rings. The molecule has 4 heteroatoms. The van der Waals surface area contributed by atoms with Gasteiger partial charge in [-0.3, -0.25) is 4.79 Å². The third kappa shape index (κ3) is 4.36. The van der Waals surface area contributed by atoms with E-state index >= 15 is 0 Å². The molecular formula is C13H23NO3. The van der Waals surface area contributed by atoms with Crippen LogP contribution in [0.2, 0.25) is 0 Å². The first-order valence-electron chi connectivity index (χ1n) is 6.66. The highest BCUT2D eigenvalue weighted by Crippen LogP contribution is 2.19. The van der Waals surface area contributed by atoms with Crippen LogP contribution in [0.4, 0.5) is 4.79 Å². The van der Waals surface area contributed by atoms with Crippen LogP contribution in [-0.4, -0.2) is 30.1 Å². The summed E-state index contributed by atoms with van der Waals surface area (Å²) in [5.41, 5.74) is 0. The van der Waals surface area contributed by atoms with Crippen molar-refractivity contribution in [1.29, 1.82) is 0 Å². The van der Waals surface area contributed by atoms with Crippen LogP contribution in [0.5, 0.6) is 0 Å². The van der Waals surface area contributed by atoms with E-state index in [2.05, 4.69) is 13.8 Å². The molecule has 1 fully saturated rings. The molecule has 0 aliphatic carbocycles. The molecule has 1 atom stereocenters. The lowest BCUT2D eigenvalue weighted by Crippen LogP contribution is -2.32. The average Bonchev–Trinajstić information content (AvgIpc) is 2.74. The lowest BCUT2D eigenvalue weighted by molar-refractivity contribution is -0.128. The minimum atomic E-state index is -0.474.